The average Bonchev–Trinajstić information content (AvgIpc) is 2.70. The Bertz CT molecular complexity index is 918. The maximum atomic E-state index is 12.3. The summed E-state index contributed by atoms with van der Waals surface area (Å²) in [5.74, 6) is 1.22. The van der Waals surface area contributed by atoms with Crippen molar-refractivity contribution in [2.75, 3.05) is 13.2 Å². The van der Waals surface area contributed by atoms with Crippen LogP contribution in [0.5, 0.6) is 17.2 Å². The lowest BCUT2D eigenvalue weighted by molar-refractivity contribution is 0.0734. The first kappa shape index (κ1) is 20.1. The molecule has 0 saturated carbocycles. The molecule has 6 heteroatoms. The van der Waals surface area contributed by atoms with Gasteiger partial charge < -0.3 is 14.2 Å². The number of ether oxygens (including phenoxy) is 3. The van der Waals surface area contributed by atoms with E-state index in [1.54, 1.807) is 43.3 Å². The summed E-state index contributed by atoms with van der Waals surface area (Å²) in [7, 11) is 0. The summed E-state index contributed by atoms with van der Waals surface area (Å²) in [4.78, 5) is 12.3. The molecule has 0 radical (unpaired) electrons. The highest BCUT2D eigenvalue weighted by atomic mass is 35.5. The second kappa shape index (κ2) is 9.49. The lowest BCUT2D eigenvalue weighted by Crippen LogP contribution is -2.10. The highest BCUT2D eigenvalue weighted by molar-refractivity contribution is 6.36. The molecular formula is C22H18Cl2O4. The van der Waals surface area contributed by atoms with Gasteiger partial charge >= 0.3 is 5.97 Å². The minimum atomic E-state index is -0.505. The molecule has 3 aromatic carbocycles. The third-order valence-electron chi connectivity index (χ3n) is 3.92. The van der Waals surface area contributed by atoms with Gasteiger partial charge in [-0.05, 0) is 61.0 Å². The predicted octanol–water partition coefficient (Wildman–Crippen LogP) is 5.98. The number of carbonyl (C=O) groups is 1. The predicted molar refractivity (Wildman–Crippen MR) is 110 cm³/mol. The second-order valence-corrected chi connectivity index (χ2v) is 6.75. The number of carbonyl (C=O) groups excluding carboxylic acids is 1. The Kier molecular flexibility index (Phi) is 6.80. The van der Waals surface area contributed by atoms with Gasteiger partial charge in [0.15, 0.2) is 0 Å². The van der Waals surface area contributed by atoms with E-state index in [9.17, 15) is 4.79 Å². The molecule has 28 heavy (non-hydrogen) atoms. The smallest absolute Gasteiger partial charge is 0.343 e. The lowest BCUT2D eigenvalue weighted by Gasteiger charge is -2.10. The molecule has 0 aliphatic heterocycles. The molecule has 0 heterocycles. The summed E-state index contributed by atoms with van der Waals surface area (Å²) in [6.45, 7) is 2.60. The van der Waals surface area contributed by atoms with Crippen LogP contribution in [0.25, 0.3) is 0 Å². The highest BCUT2D eigenvalue weighted by Gasteiger charge is 2.11. The molecule has 0 fully saturated rings. The van der Waals surface area contributed by atoms with Crippen molar-refractivity contribution in [3.63, 3.8) is 0 Å². The van der Waals surface area contributed by atoms with Crippen LogP contribution in [0.1, 0.15) is 15.9 Å². The van der Waals surface area contributed by atoms with Crippen molar-refractivity contribution >= 4 is 29.2 Å². The van der Waals surface area contributed by atoms with E-state index in [-0.39, 0.29) is 0 Å². The number of para-hydroxylation sites is 1. The summed E-state index contributed by atoms with van der Waals surface area (Å²) in [5, 5.41) is 0.883. The van der Waals surface area contributed by atoms with E-state index >= 15 is 0 Å². The number of hydrogen-bond donors (Lipinski definition) is 0. The van der Waals surface area contributed by atoms with Crippen LogP contribution in [0.3, 0.4) is 0 Å². The molecule has 0 N–H and O–H groups in total. The van der Waals surface area contributed by atoms with Crippen LogP contribution >= 0.6 is 23.2 Å². The van der Waals surface area contributed by atoms with Crippen LogP contribution in [-0.2, 0) is 0 Å². The van der Waals surface area contributed by atoms with Crippen LogP contribution in [0.4, 0.5) is 0 Å². The van der Waals surface area contributed by atoms with Crippen LogP contribution in [0.15, 0.2) is 66.7 Å². The molecule has 0 aromatic heterocycles. The van der Waals surface area contributed by atoms with Gasteiger partial charge in [-0.1, -0.05) is 41.4 Å². The Hall–Kier alpha value is -2.69. The SMILES string of the molecule is Cc1c(Cl)cc(OC(=O)c2ccc(OCCOc3ccccc3)cc2)cc1Cl. The molecule has 0 atom stereocenters. The van der Waals surface area contributed by atoms with Gasteiger partial charge in [0, 0.05) is 10.0 Å². The first-order chi connectivity index (χ1) is 13.5. The van der Waals surface area contributed by atoms with Gasteiger partial charge in [0.1, 0.15) is 30.5 Å². The second-order valence-electron chi connectivity index (χ2n) is 5.94. The van der Waals surface area contributed by atoms with E-state index in [2.05, 4.69) is 0 Å². The van der Waals surface area contributed by atoms with Crippen LogP contribution in [-0.4, -0.2) is 19.2 Å². The first-order valence-electron chi connectivity index (χ1n) is 8.61. The summed E-state index contributed by atoms with van der Waals surface area (Å²) in [6, 6.07) is 19.3. The Labute approximate surface area is 173 Å². The Morgan fingerprint density at radius 2 is 1.32 bits per heavy atom. The van der Waals surface area contributed by atoms with E-state index in [0.717, 1.165) is 11.3 Å². The third kappa shape index (κ3) is 5.41. The molecule has 0 amide bonds. The topological polar surface area (TPSA) is 44.8 Å². The molecule has 4 nitrogen and oxygen atoms in total. The fraction of sp³-hybridized carbons (Fsp3) is 0.136. The summed E-state index contributed by atoms with van der Waals surface area (Å²) in [6.07, 6.45) is 0. The van der Waals surface area contributed by atoms with Crippen molar-refractivity contribution in [3.8, 4) is 17.2 Å². The summed E-state index contributed by atoms with van der Waals surface area (Å²) in [5.41, 5.74) is 1.13. The molecule has 0 saturated heterocycles. The van der Waals surface area contributed by atoms with Gasteiger partial charge in [-0.2, -0.15) is 0 Å². The van der Waals surface area contributed by atoms with Gasteiger partial charge in [0.25, 0.3) is 0 Å². The summed E-state index contributed by atoms with van der Waals surface area (Å²) < 4.78 is 16.5. The van der Waals surface area contributed by atoms with E-state index in [1.165, 1.54) is 0 Å². The zero-order valence-electron chi connectivity index (χ0n) is 15.2. The Morgan fingerprint density at radius 1 is 0.786 bits per heavy atom. The fourth-order valence-electron chi connectivity index (χ4n) is 2.37. The van der Waals surface area contributed by atoms with Crippen molar-refractivity contribution in [2.24, 2.45) is 0 Å². The Balaban J connectivity index is 1.51. The first-order valence-corrected chi connectivity index (χ1v) is 9.37. The van der Waals surface area contributed by atoms with E-state index in [1.807, 2.05) is 30.3 Å². The van der Waals surface area contributed by atoms with Gasteiger partial charge in [-0.3, -0.25) is 0 Å². The van der Waals surface area contributed by atoms with E-state index < -0.39 is 5.97 Å². The van der Waals surface area contributed by atoms with Crippen molar-refractivity contribution < 1.29 is 19.0 Å². The zero-order valence-corrected chi connectivity index (χ0v) is 16.7. The molecule has 0 spiro atoms. The standard InChI is InChI=1S/C22H18Cl2O4/c1-15-20(23)13-19(14-21(15)24)28-22(25)16-7-9-18(10-8-16)27-12-11-26-17-5-3-2-4-6-17/h2-10,13-14H,11-12H2,1H3. The number of halogens is 2. The molecule has 0 aliphatic rings. The quantitative estimate of drug-likeness (QED) is 0.270. The minimum absolute atomic E-state index is 0.295. The maximum Gasteiger partial charge on any atom is 0.343 e. The average molecular weight is 417 g/mol. The van der Waals surface area contributed by atoms with Crippen molar-refractivity contribution in [1.29, 1.82) is 0 Å². The van der Waals surface area contributed by atoms with Crippen molar-refractivity contribution in [3.05, 3.63) is 87.9 Å². The van der Waals surface area contributed by atoms with Crippen LogP contribution in [0.2, 0.25) is 10.0 Å². The van der Waals surface area contributed by atoms with E-state index in [0.29, 0.717) is 40.3 Å². The number of hydrogen-bond acceptors (Lipinski definition) is 4. The minimum Gasteiger partial charge on any atom is -0.490 e. The zero-order chi connectivity index (χ0) is 19.9. The molecule has 0 unspecified atom stereocenters. The van der Waals surface area contributed by atoms with Crippen LogP contribution < -0.4 is 14.2 Å². The molecule has 3 aromatic rings. The molecule has 0 bridgehead atoms. The third-order valence-corrected chi connectivity index (χ3v) is 4.70. The number of benzene rings is 3. The maximum absolute atomic E-state index is 12.3. The number of rotatable bonds is 7. The van der Waals surface area contributed by atoms with Crippen molar-refractivity contribution in [2.45, 2.75) is 6.92 Å². The molecule has 0 aliphatic carbocycles. The Morgan fingerprint density at radius 3 is 1.89 bits per heavy atom. The monoisotopic (exact) mass is 416 g/mol. The van der Waals surface area contributed by atoms with Gasteiger partial charge in [-0.25, -0.2) is 4.79 Å². The lowest BCUT2D eigenvalue weighted by atomic mass is 10.2. The summed E-state index contributed by atoms with van der Waals surface area (Å²) >= 11 is 12.1. The fourth-order valence-corrected chi connectivity index (χ4v) is 2.84. The van der Waals surface area contributed by atoms with E-state index in [4.69, 9.17) is 37.4 Å². The van der Waals surface area contributed by atoms with Crippen molar-refractivity contribution in [1.82, 2.24) is 0 Å². The molecule has 144 valence electrons. The van der Waals surface area contributed by atoms with Crippen LogP contribution in [0, 0.1) is 6.92 Å². The van der Waals surface area contributed by atoms with Gasteiger partial charge in [0.2, 0.25) is 0 Å². The normalized spacial score (nSPS) is 10.4. The van der Waals surface area contributed by atoms with Gasteiger partial charge in [0.05, 0.1) is 5.56 Å². The number of esters is 1. The molecular weight excluding hydrogens is 399 g/mol. The van der Waals surface area contributed by atoms with Gasteiger partial charge in [-0.15, -0.1) is 0 Å². The largest absolute Gasteiger partial charge is 0.490 e. The molecule has 3 rings (SSSR count). The highest BCUT2D eigenvalue weighted by Crippen LogP contribution is 2.30.